The van der Waals surface area contributed by atoms with Gasteiger partial charge in [-0.3, -0.25) is 4.72 Å². The van der Waals surface area contributed by atoms with Crippen LogP contribution in [0.5, 0.6) is 5.75 Å². The molecular formula is C17H22ClIN2O3S. The Labute approximate surface area is 169 Å². The smallest absolute Gasteiger partial charge is 0.366 e. The predicted molar refractivity (Wildman–Crippen MR) is 113 cm³/mol. The molecule has 0 unspecified atom stereocenters. The number of hydrogen-bond acceptors (Lipinski definition) is 4. The summed E-state index contributed by atoms with van der Waals surface area (Å²) in [5.74, 6) is 0.248. The number of benzene rings is 2. The zero-order valence-electron chi connectivity index (χ0n) is 14.2. The van der Waals surface area contributed by atoms with Crippen LogP contribution >= 0.6 is 35.0 Å². The van der Waals surface area contributed by atoms with E-state index in [1.807, 2.05) is 6.07 Å². The van der Waals surface area contributed by atoms with Gasteiger partial charge in [0.15, 0.2) is 0 Å². The summed E-state index contributed by atoms with van der Waals surface area (Å²) in [6.07, 6.45) is 0. The van der Waals surface area contributed by atoms with Crippen molar-refractivity contribution in [3.05, 3.63) is 57.2 Å². The summed E-state index contributed by atoms with van der Waals surface area (Å²) in [6.45, 7) is 6.48. The molecule has 0 aliphatic heterocycles. The van der Waals surface area contributed by atoms with Crippen LogP contribution in [0.15, 0.2) is 42.5 Å². The van der Waals surface area contributed by atoms with E-state index in [1.54, 1.807) is 36.4 Å². The normalized spacial score (nSPS) is 11.6. The van der Waals surface area contributed by atoms with E-state index in [0.29, 0.717) is 11.3 Å². The number of rotatable bonds is 5. The molecule has 0 bridgehead atoms. The topological polar surface area (TPSA) is 81.4 Å². The lowest BCUT2D eigenvalue weighted by molar-refractivity contribution is 0.488. The maximum atomic E-state index is 12.3. The van der Waals surface area contributed by atoms with E-state index in [0.717, 1.165) is 9.13 Å². The van der Waals surface area contributed by atoms with Gasteiger partial charge in [0.2, 0.25) is 0 Å². The van der Waals surface area contributed by atoms with Gasteiger partial charge < -0.3 is 9.92 Å². The van der Waals surface area contributed by atoms with Gasteiger partial charge in [-0.2, -0.15) is 8.42 Å². The molecule has 0 saturated carbocycles. The SMILES string of the molecule is CC(C)(C)c1cc(CN)c(OS(=O)(=O)Nc2ccccc2)cc1I.Cl. The van der Waals surface area contributed by atoms with Crippen molar-refractivity contribution in [2.24, 2.45) is 5.73 Å². The van der Waals surface area contributed by atoms with Crippen LogP contribution in [0, 0.1) is 3.57 Å². The molecule has 2 aromatic carbocycles. The van der Waals surface area contributed by atoms with E-state index in [4.69, 9.17) is 9.92 Å². The summed E-state index contributed by atoms with van der Waals surface area (Å²) >= 11 is 2.18. The molecule has 0 aliphatic carbocycles. The Morgan fingerprint density at radius 2 is 1.76 bits per heavy atom. The maximum Gasteiger partial charge on any atom is 0.407 e. The molecule has 5 nitrogen and oxygen atoms in total. The molecule has 0 radical (unpaired) electrons. The summed E-state index contributed by atoms with van der Waals surface area (Å²) in [7, 11) is -3.99. The predicted octanol–water partition coefficient (Wildman–Crippen LogP) is 4.20. The Kier molecular flexibility index (Phi) is 7.54. The fourth-order valence-electron chi connectivity index (χ4n) is 2.20. The van der Waals surface area contributed by atoms with E-state index in [-0.39, 0.29) is 30.1 Å². The third kappa shape index (κ3) is 6.02. The lowest BCUT2D eigenvalue weighted by Gasteiger charge is -2.23. The molecule has 0 aromatic heterocycles. The Morgan fingerprint density at radius 1 is 1.16 bits per heavy atom. The van der Waals surface area contributed by atoms with Crippen molar-refractivity contribution in [3.63, 3.8) is 0 Å². The van der Waals surface area contributed by atoms with Crippen LogP contribution in [0.4, 0.5) is 5.69 Å². The molecule has 138 valence electrons. The van der Waals surface area contributed by atoms with Gasteiger partial charge in [-0.25, -0.2) is 0 Å². The molecule has 0 aliphatic rings. The van der Waals surface area contributed by atoms with Gasteiger partial charge in [-0.1, -0.05) is 39.0 Å². The van der Waals surface area contributed by atoms with Crippen LogP contribution in [-0.2, 0) is 22.3 Å². The highest BCUT2D eigenvalue weighted by molar-refractivity contribution is 14.1. The summed E-state index contributed by atoms with van der Waals surface area (Å²) in [5, 5.41) is 0. The van der Waals surface area contributed by atoms with E-state index < -0.39 is 10.3 Å². The molecule has 3 N–H and O–H groups in total. The van der Waals surface area contributed by atoms with Gasteiger partial charge in [0.25, 0.3) is 0 Å². The number of hydrogen-bond donors (Lipinski definition) is 2. The van der Waals surface area contributed by atoms with Gasteiger partial charge >= 0.3 is 10.3 Å². The zero-order valence-corrected chi connectivity index (χ0v) is 18.0. The molecule has 25 heavy (non-hydrogen) atoms. The van der Waals surface area contributed by atoms with Crippen LogP contribution in [0.1, 0.15) is 31.9 Å². The highest BCUT2D eigenvalue weighted by Crippen LogP contribution is 2.33. The largest absolute Gasteiger partial charge is 0.407 e. The van der Waals surface area contributed by atoms with E-state index >= 15 is 0 Å². The van der Waals surface area contributed by atoms with Crippen molar-refractivity contribution in [2.45, 2.75) is 32.7 Å². The highest BCUT2D eigenvalue weighted by atomic mass is 127. The first-order valence-corrected chi connectivity index (χ1v) is 9.91. The Morgan fingerprint density at radius 3 is 2.28 bits per heavy atom. The highest BCUT2D eigenvalue weighted by Gasteiger charge is 2.22. The first-order valence-electron chi connectivity index (χ1n) is 7.42. The lowest BCUT2D eigenvalue weighted by Crippen LogP contribution is -2.21. The first-order chi connectivity index (χ1) is 11.1. The number of nitrogens with two attached hydrogens (primary N) is 1. The minimum Gasteiger partial charge on any atom is -0.366 e. The van der Waals surface area contributed by atoms with Crippen LogP contribution in [-0.4, -0.2) is 8.42 Å². The van der Waals surface area contributed by atoms with E-state index in [1.165, 1.54) is 0 Å². The van der Waals surface area contributed by atoms with Crippen molar-refractivity contribution < 1.29 is 12.6 Å². The summed E-state index contributed by atoms with van der Waals surface area (Å²) in [4.78, 5) is 0. The first kappa shape index (κ1) is 22.0. The fourth-order valence-corrected chi connectivity index (χ4v) is 4.31. The Bertz CT molecular complexity index is 822. The van der Waals surface area contributed by atoms with Crippen molar-refractivity contribution >= 4 is 51.0 Å². The fraction of sp³-hybridized carbons (Fsp3) is 0.294. The molecule has 0 heterocycles. The third-order valence-corrected chi connectivity index (χ3v) is 5.17. The van der Waals surface area contributed by atoms with Gasteiger partial charge in [-0.05, 0) is 57.8 Å². The van der Waals surface area contributed by atoms with Gasteiger partial charge in [-0.15, -0.1) is 12.4 Å². The van der Waals surface area contributed by atoms with Crippen molar-refractivity contribution in [1.82, 2.24) is 0 Å². The van der Waals surface area contributed by atoms with Crippen LogP contribution < -0.4 is 14.6 Å². The molecule has 0 saturated heterocycles. The van der Waals surface area contributed by atoms with Crippen molar-refractivity contribution in [3.8, 4) is 5.75 Å². The van der Waals surface area contributed by atoms with Crippen molar-refractivity contribution in [1.29, 1.82) is 0 Å². The molecule has 0 atom stereocenters. The van der Waals surface area contributed by atoms with Gasteiger partial charge in [0, 0.05) is 15.7 Å². The standard InChI is InChI=1S/C17H21IN2O3S.ClH/c1-17(2,3)14-9-12(11-19)16(10-15(14)18)23-24(21,22)20-13-7-5-4-6-8-13;/h4-10,20H,11,19H2,1-3H3;1H. The zero-order chi connectivity index (χ0) is 18.0. The Balaban J connectivity index is 0.00000312. The third-order valence-electron chi connectivity index (χ3n) is 3.39. The average Bonchev–Trinajstić information content (AvgIpc) is 2.46. The Hall–Kier alpha value is -1.03. The maximum absolute atomic E-state index is 12.3. The van der Waals surface area contributed by atoms with Crippen molar-refractivity contribution in [2.75, 3.05) is 4.72 Å². The second kappa shape index (κ2) is 8.57. The van der Waals surface area contributed by atoms with Gasteiger partial charge in [0.1, 0.15) is 5.75 Å². The molecule has 0 amide bonds. The average molecular weight is 497 g/mol. The quantitative estimate of drug-likeness (QED) is 0.608. The van der Waals surface area contributed by atoms with Crippen LogP contribution in [0.25, 0.3) is 0 Å². The molecular weight excluding hydrogens is 475 g/mol. The molecule has 8 heteroatoms. The van der Waals surface area contributed by atoms with E-state index in [9.17, 15) is 8.42 Å². The molecule has 0 fully saturated rings. The number of nitrogens with one attached hydrogen (secondary N) is 1. The van der Waals surface area contributed by atoms with Crippen LogP contribution in [0.2, 0.25) is 0 Å². The minimum absolute atomic E-state index is 0. The monoisotopic (exact) mass is 496 g/mol. The molecule has 2 aromatic rings. The summed E-state index contributed by atoms with van der Waals surface area (Å²) in [6, 6.07) is 12.2. The number of anilines is 1. The van der Waals surface area contributed by atoms with Gasteiger partial charge in [0.05, 0.1) is 5.69 Å². The number of halogens is 2. The lowest BCUT2D eigenvalue weighted by atomic mass is 9.86. The second-order valence-corrected chi connectivity index (χ2v) is 8.84. The molecule has 2 rings (SSSR count). The second-order valence-electron chi connectivity index (χ2n) is 6.40. The van der Waals surface area contributed by atoms with Crippen LogP contribution in [0.3, 0.4) is 0 Å². The summed E-state index contributed by atoms with van der Waals surface area (Å²) in [5.41, 5.74) is 7.91. The summed E-state index contributed by atoms with van der Waals surface area (Å²) < 4.78 is 33.1. The van der Waals surface area contributed by atoms with E-state index in [2.05, 4.69) is 48.1 Å². The molecule has 0 spiro atoms. The minimum atomic E-state index is -3.99. The number of para-hydroxylation sites is 1.